The number of hydrogen-bond acceptors (Lipinski definition) is 18. The smallest absolute Gasteiger partial charge is 0.744 e. The van der Waals surface area contributed by atoms with Crippen LogP contribution in [0.3, 0.4) is 0 Å². The van der Waals surface area contributed by atoms with Crippen LogP contribution in [0, 0.1) is 0 Å². The Labute approximate surface area is 363 Å². The van der Waals surface area contributed by atoms with E-state index >= 15 is 0 Å². The predicted molar refractivity (Wildman–Crippen MR) is 198 cm³/mol. The van der Waals surface area contributed by atoms with Crippen molar-refractivity contribution in [1.29, 1.82) is 0 Å². The number of nitrogens with one attached hydrogen (secondary N) is 3. The summed E-state index contributed by atoms with van der Waals surface area (Å²) in [4.78, 5) is 34.1. The van der Waals surface area contributed by atoms with Gasteiger partial charge >= 0.3 is 59.1 Å². The molecule has 0 saturated carbocycles. The quantitative estimate of drug-likeness (QED) is 0.0434. The number of hydrazone groups is 3. The Kier molecular flexibility index (Phi) is 14.3. The van der Waals surface area contributed by atoms with Gasteiger partial charge in [0.05, 0.1) is 55.2 Å². The molecule has 5 N–H and O–H groups in total. The molecular formula is C34H23N9Na2O9S2. The summed E-state index contributed by atoms with van der Waals surface area (Å²) in [6, 6.07) is 12.8. The number of carbonyl (C=O) groups is 3. The predicted octanol–water partition coefficient (Wildman–Crippen LogP) is -1.93. The number of azo groups is 1. The van der Waals surface area contributed by atoms with Gasteiger partial charge in [-0.05, 0) is 115 Å². The van der Waals surface area contributed by atoms with Crippen LogP contribution in [0.15, 0.2) is 139 Å². The second kappa shape index (κ2) is 18.3. The van der Waals surface area contributed by atoms with Crippen LogP contribution < -0.4 is 81.1 Å². The fraction of sp³-hybridized carbons (Fsp3) is 0. The molecule has 0 unspecified atom stereocenters. The SMILES string of the molecule is Nc1c(N=Nc2ccc(NN=C3C=CC(=O)C=C3)cc2)c(S(=O)(=O)[O-])cc2c1C(=O)/C(=N\Nc1ccc(NN=C3C=CC(=O)C=C3)cc1)C(S(=O)(=O)[O-])=C2.[Na+].[Na+]. The van der Waals surface area contributed by atoms with Gasteiger partial charge in [0.15, 0.2) is 11.6 Å². The van der Waals surface area contributed by atoms with Gasteiger partial charge in [0.2, 0.25) is 5.78 Å². The van der Waals surface area contributed by atoms with Crippen LogP contribution in [0.1, 0.15) is 15.9 Å². The molecule has 3 aromatic carbocycles. The van der Waals surface area contributed by atoms with Gasteiger partial charge in [0, 0.05) is 0 Å². The van der Waals surface area contributed by atoms with Crippen LogP contribution in [0.2, 0.25) is 0 Å². The zero-order chi connectivity index (χ0) is 38.6. The van der Waals surface area contributed by atoms with Crippen LogP contribution in [0.25, 0.3) is 6.08 Å². The maximum absolute atomic E-state index is 13.7. The Morgan fingerprint density at radius 3 is 1.48 bits per heavy atom. The first-order valence-electron chi connectivity index (χ1n) is 15.2. The molecule has 3 aliphatic carbocycles. The number of hydrogen-bond donors (Lipinski definition) is 4. The Morgan fingerprint density at radius 2 is 1.04 bits per heavy atom. The van der Waals surface area contributed by atoms with Crippen molar-refractivity contribution in [3.8, 4) is 0 Å². The molecule has 0 fully saturated rings. The van der Waals surface area contributed by atoms with Crippen LogP contribution in [-0.4, -0.2) is 60.4 Å². The molecule has 0 saturated heterocycles. The van der Waals surface area contributed by atoms with Gasteiger partial charge in [-0.15, -0.1) is 5.11 Å². The summed E-state index contributed by atoms with van der Waals surface area (Å²) in [5.41, 5.74) is 13.5. The Bertz CT molecular complexity index is 2600. The molecule has 0 bridgehead atoms. The molecule has 18 nitrogen and oxygen atoms in total. The minimum atomic E-state index is -5.40. The van der Waals surface area contributed by atoms with E-state index < -0.39 is 64.0 Å². The number of anilines is 4. The van der Waals surface area contributed by atoms with Crippen molar-refractivity contribution in [3.05, 3.63) is 119 Å². The third-order valence-corrected chi connectivity index (χ3v) is 9.15. The number of benzene rings is 3. The van der Waals surface area contributed by atoms with Gasteiger partial charge in [0.1, 0.15) is 31.6 Å². The minimum Gasteiger partial charge on any atom is -0.744 e. The average molecular weight is 812 g/mol. The Morgan fingerprint density at radius 1 is 0.589 bits per heavy atom. The largest absolute Gasteiger partial charge is 1.00 e. The molecule has 56 heavy (non-hydrogen) atoms. The molecule has 0 aliphatic heterocycles. The normalized spacial score (nSPS) is 15.6. The van der Waals surface area contributed by atoms with Crippen molar-refractivity contribution in [3.63, 3.8) is 0 Å². The van der Waals surface area contributed by atoms with E-state index in [1.807, 2.05) is 0 Å². The van der Waals surface area contributed by atoms with Gasteiger partial charge in [0.25, 0.3) is 0 Å². The summed E-state index contributed by atoms with van der Waals surface area (Å²) in [6.45, 7) is 0. The van der Waals surface area contributed by atoms with Gasteiger partial charge in [-0.25, -0.2) is 16.8 Å². The molecule has 0 spiro atoms. The molecule has 0 heterocycles. The number of nitrogens with two attached hydrogens (primary N) is 1. The molecule has 0 aromatic heterocycles. The molecule has 272 valence electrons. The molecule has 0 atom stereocenters. The monoisotopic (exact) mass is 811 g/mol. The number of fused-ring (bicyclic) bond motifs is 1. The van der Waals surface area contributed by atoms with E-state index in [0.29, 0.717) is 34.9 Å². The first-order chi connectivity index (χ1) is 25.7. The number of Topliss-reactive ketones (excluding diaryl/α,β-unsaturated/α-hetero) is 1. The summed E-state index contributed by atoms with van der Waals surface area (Å²) < 4.78 is 73.7. The zero-order valence-electron chi connectivity index (χ0n) is 29.2. The maximum Gasteiger partial charge on any atom is 1.00 e. The third-order valence-electron chi connectivity index (χ3n) is 7.45. The molecular weight excluding hydrogens is 789 g/mol. The van der Waals surface area contributed by atoms with Crippen LogP contribution in [-0.2, 0) is 29.8 Å². The average Bonchev–Trinajstić information content (AvgIpc) is 3.13. The molecule has 3 aromatic rings. The van der Waals surface area contributed by atoms with Gasteiger partial charge in [-0.1, -0.05) is 0 Å². The summed E-state index contributed by atoms with van der Waals surface area (Å²) in [5, 5.41) is 20.0. The van der Waals surface area contributed by atoms with E-state index in [4.69, 9.17) is 5.73 Å². The van der Waals surface area contributed by atoms with Crippen molar-refractivity contribution in [2.45, 2.75) is 4.90 Å². The van der Waals surface area contributed by atoms with E-state index in [9.17, 15) is 40.3 Å². The zero-order valence-corrected chi connectivity index (χ0v) is 34.8. The Hall–Kier alpha value is -5.00. The first-order valence-corrected chi connectivity index (χ1v) is 18.1. The number of allylic oxidation sites excluding steroid dienone is 9. The fourth-order valence-electron chi connectivity index (χ4n) is 4.84. The molecule has 22 heteroatoms. The summed E-state index contributed by atoms with van der Waals surface area (Å²) in [7, 11) is -10.8. The van der Waals surface area contributed by atoms with E-state index in [1.54, 1.807) is 24.3 Å². The summed E-state index contributed by atoms with van der Waals surface area (Å²) >= 11 is 0. The fourth-order valence-corrected chi connectivity index (χ4v) is 6.14. The van der Waals surface area contributed by atoms with Crippen LogP contribution in [0.5, 0.6) is 0 Å². The second-order valence-corrected chi connectivity index (χ2v) is 13.9. The minimum absolute atomic E-state index is 0. The number of nitrogen functional groups attached to an aromatic ring is 1. The van der Waals surface area contributed by atoms with Gasteiger partial charge < -0.3 is 14.8 Å². The van der Waals surface area contributed by atoms with Gasteiger partial charge in [-0.2, -0.15) is 20.4 Å². The summed E-state index contributed by atoms with van der Waals surface area (Å²) in [6.07, 6.45) is 12.2. The molecule has 0 radical (unpaired) electrons. The second-order valence-electron chi connectivity index (χ2n) is 11.2. The van der Waals surface area contributed by atoms with Crippen LogP contribution in [0.4, 0.5) is 34.1 Å². The summed E-state index contributed by atoms with van der Waals surface area (Å²) in [5.74, 6) is -1.54. The van der Waals surface area contributed by atoms with Crippen molar-refractivity contribution in [2.24, 2.45) is 25.5 Å². The van der Waals surface area contributed by atoms with Crippen molar-refractivity contribution in [2.75, 3.05) is 22.0 Å². The topological polar surface area (TPSA) is 290 Å². The van der Waals surface area contributed by atoms with E-state index in [1.165, 1.54) is 72.9 Å². The molecule has 3 aliphatic rings. The van der Waals surface area contributed by atoms with Crippen molar-refractivity contribution >= 4 is 94.9 Å². The van der Waals surface area contributed by atoms with Gasteiger partial charge in [-0.3, -0.25) is 30.7 Å². The Balaban J connectivity index is 0.00000348. The number of carbonyl (C=O) groups excluding carboxylic acids is 3. The molecule has 6 rings (SSSR count). The van der Waals surface area contributed by atoms with E-state index in [-0.39, 0.29) is 82.1 Å². The first kappa shape index (κ1) is 43.7. The third kappa shape index (κ3) is 10.6. The molecule has 0 amide bonds. The number of rotatable bonds is 10. The standard InChI is InChI=1S/C34H25N9O9S2.2Na/c35-31-30-19(17-28(53(47,48)49)32(31)42-40-22-5-1-20(2-6-22)36-38-24-9-13-26(44)14-10-24)18-29(54(50,51)52)33(34(30)46)43-41-23-7-3-21(4-8-23)37-39-25-11-15-27(45)16-12-25;;/h1-18,36-37,41H,35H2,(H,47,48,49)(H,50,51,52);;/q;2*+1/p-2/b42-40?,43-33-;;. The van der Waals surface area contributed by atoms with Crippen molar-refractivity contribution in [1.82, 2.24) is 0 Å². The van der Waals surface area contributed by atoms with Crippen molar-refractivity contribution < 1.29 is 99.4 Å². The number of nitrogens with zero attached hydrogens (tertiary/aromatic N) is 5. The maximum atomic E-state index is 13.7. The van der Waals surface area contributed by atoms with E-state index in [2.05, 4.69) is 41.8 Å². The number of ketones is 3. The van der Waals surface area contributed by atoms with E-state index in [0.717, 1.165) is 0 Å². The van der Waals surface area contributed by atoms with Crippen LogP contribution >= 0.6 is 0 Å².